The summed E-state index contributed by atoms with van der Waals surface area (Å²) in [5, 5.41) is 6.16. The Hall–Kier alpha value is -2.79. The van der Waals surface area contributed by atoms with Crippen molar-refractivity contribution < 1.29 is 9.53 Å². The normalized spacial score (nSPS) is 10.9. The van der Waals surface area contributed by atoms with Gasteiger partial charge in [0.2, 0.25) is 0 Å². The van der Waals surface area contributed by atoms with Crippen LogP contribution in [0.4, 0.5) is 0 Å². The van der Waals surface area contributed by atoms with Gasteiger partial charge in [-0.3, -0.25) is 4.79 Å². The summed E-state index contributed by atoms with van der Waals surface area (Å²) in [4.78, 5) is 13.0. The molecule has 0 bridgehead atoms. The molecule has 0 aliphatic rings. The number of hydrogen-bond donors (Lipinski definition) is 1. The average Bonchev–Trinajstić information content (AvgIpc) is 2.67. The first-order valence-corrected chi connectivity index (χ1v) is 9.04. The molecule has 4 nitrogen and oxygen atoms in total. The third-order valence-corrected chi connectivity index (χ3v) is 4.35. The molecule has 0 saturated carbocycles. The molecule has 0 aliphatic heterocycles. The lowest BCUT2D eigenvalue weighted by atomic mass is 10.1. The maximum Gasteiger partial charge on any atom is 0.277 e. The summed E-state index contributed by atoms with van der Waals surface area (Å²) < 4.78 is 5.52. The van der Waals surface area contributed by atoms with Gasteiger partial charge in [0.05, 0.1) is 6.21 Å². The van der Waals surface area contributed by atoms with E-state index in [1.54, 1.807) is 18.0 Å². The van der Waals surface area contributed by atoms with E-state index in [1.807, 2.05) is 73.0 Å². The van der Waals surface area contributed by atoms with Gasteiger partial charge in [0.1, 0.15) is 5.75 Å². The minimum absolute atomic E-state index is 0.0822. The standard InChI is InChI=1S/C20H18N2O2S/c1-25-19-10-6-15(7-11-19)13-21-22-20(23)14-24-18-9-8-16-4-2-3-5-17(16)12-18/h2-13H,14H2,1H3,(H,22,23). The number of benzene rings is 3. The highest BCUT2D eigenvalue weighted by Crippen LogP contribution is 2.20. The first-order chi connectivity index (χ1) is 12.2. The SMILES string of the molecule is CSc1ccc(C=NNC(=O)COc2ccc3ccccc3c2)cc1. The van der Waals surface area contributed by atoms with Crippen LogP contribution in [0.3, 0.4) is 0 Å². The molecule has 0 spiro atoms. The predicted molar refractivity (Wildman–Crippen MR) is 103 cm³/mol. The van der Waals surface area contributed by atoms with Crippen molar-refractivity contribution in [2.75, 3.05) is 12.9 Å². The van der Waals surface area contributed by atoms with Crippen LogP contribution in [0.2, 0.25) is 0 Å². The van der Waals surface area contributed by atoms with Crippen LogP contribution in [0.25, 0.3) is 10.8 Å². The van der Waals surface area contributed by atoms with Crippen LogP contribution < -0.4 is 10.2 Å². The van der Waals surface area contributed by atoms with Crippen LogP contribution in [0, 0.1) is 0 Å². The molecule has 0 radical (unpaired) electrons. The van der Waals surface area contributed by atoms with Crippen LogP contribution in [0.15, 0.2) is 76.7 Å². The fraction of sp³-hybridized carbons (Fsp3) is 0.100. The Labute approximate surface area is 150 Å². The molecule has 0 aromatic heterocycles. The van der Waals surface area contributed by atoms with Crippen LogP contribution in [-0.4, -0.2) is 25.0 Å². The van der Waals surface area contributed by atoms with Gasteiger partial charge in [0.15, 0.2) is 6.61 Å². The van der Waals surface area contributed by atoms with Gasteiger partial charge in [-0.1, -0.05) is 42.5 Å². The number of nitrogens with zero attached hydrogens (tertiary/aromatic N) is 1. The highest BCUT2D eigenvalue weighted by atomic mass is 32.2. The van der Waals surface area contributed by atoms with E-state index in [4.69, 9.17) is 4.74 Å². The number of fused-ring (bicyclic) bond motifs is 1. The van der Waals surface area contributed by atoms with Crippen LogP contribution in [-0.2, 0) is 4.79 Å². The van der Waals surface area contributed by atoms with Crippen molar-refractivity contribution in [3.63, 3.8) is 0 Å². The smallest absolute Gasteiger partial charge is 0.277 e. The molecule has 25 heavy (non-hydrogen) atoms. The largest absolute Gasteiger partial charge is 0.484 e. The van der Waals surface area contributed by atoms with E-state index in [0.29, 0.717) is 5.75 Å². The Kier molecular flexibility index (Phi) is 5.69. The summed E-state index contributed by atoms with van der Waals surface area (Å²) in [6.07, 6.45) is 3.64. The van der Waals surface area contributed by atoms with Crippen molar-refractivity contribution in [2.45, 2.75) is 4.90 Å². The summed E-state index contributed by atoms with van der Waals surface area (Å²) >= 11 is 1.68. The minimum atomic E-state index is -0.301. The molecule has 0 aliphatic carbocycles. The number of amides is 1. The van der Waals surface area contributed by atoms with E-state index in [-0.39, 0.29) is 12.5 Å². The van der Waals surface area contributed by atoms with Crippen LogP contribution in [0.1, 0.15) is 5.56 Å². The van der Waals surface area contributed by atoms with Gasteiger partial charge >= 0.3 is 0 Å². The lowest BCUT2D eigenvalue weighted by Crippen LogP contribution is -2.24. The monoisotopic (exact) mass is 350 g/mol. The maximum atomic E-state index is 11.8. The second kappa shape index (κ2) is 8.35. The van der Waals surface area contributed by atoms with Gasteiger partial charge in [-0.2, -0.15) is 5.10 Å². The zero-order chi connectivity index (χ0) is 17.5. The number of hydrazone groups is 1. The van der Waals surface area contributed by atoms with E-state index in [0.717, 1.165) is 16.3 Å². The van der Waals surface area contributed by atoms with Gasteiger partial charge in [-0.15, -0.1) is 11.8 Å². The number of hydrogen-bond acceptors (Lipinski definition) is 4. The van der Waals surface area contributed by atoms with E-state index in [1.165, 1.54) is 4.90 Å². The molecule has 0 fully saturated rings. The molecule has 1 amide bonds. The summed E-state index contributed by atoms with van der Waals surface area (Å²) in [6, 6.07) is 21.7. The Morgan fingerprint density at radius 1 is 1.08 bits per heavy atom. The quantitative estimate of drug-likeness (QED) is 0.414. The number of ether oxygens (including phenoxy) is 1. The Morgan fingerprint density at radius 2 is 1.84 bits per heavy atom. The first kappa shape index (κ1) is 17.0. The molecule has 3 aromatic rings. The van der Waals surface area contributed by atoms with Crippen molar-refractivity contribution in [1.29, 1.82) is 0 Å². The first-order valence-electron chi connectivity index (χ1n) is 7.82. The fourth-order valence-corrected chi connectivity index (χ4v) is 2.72. The van der Waals surface area contributed by atoms with E-state index >= 15 is 0 Å². The molecule has 0 heterocycles. The van der Waals surface area contributed by atoms with E-state index in [2.05, 4.69) is 10.5 Å². The Morgan fingerprint density at radius 3 is 2.60 bits per heavy atom. The number of carbonyl (C=O) groups is 1. The van der Waals surface area contributed by atoms with E-state index in [9.17, 15) is 4.79 Å². The molecule has 3 rings (SSSR count). The van der Waals surface area contributed by atoms with Gasteiger partial charge < -0.3 is 4.74 Å². The van der Waals surface area contributed by atoms with Crippen molar-refractivity contribution in [1.82, 2.24) is 5.43 Å². The van der Waals surface area contributed by atoms with Gasteiger partial charge in [-0.05, 0) is 46.9 Å². The van der Waals surface area contributed by atoms with Gasteiger partial charge in [0.25, 0.3) is 5.91 Å². The van der Waals surface area contributed by atoms with Gasteiger partial charge in [-0.25, -0.2) is 5.43 Å². The maximum absolute atomic E-state index is 11.8. The lowest BCUT2D eigenvalue weighted by molar-refractivity contribution is -0.123. The molecule has 5 heteroatoms. The second-order valence-corrected chi connectivity index (χ2v) is 6.24. The molecular weight excluding hydrogens is 332 g/mol. The molecule has 0 unspecified atom stereocenters. The highest BCUT2D eigenvalue weighted by Gasteiger charge is 2.02. The predicted octanol–water partition coefficient (Wildman–Crippen LogP) is 4.09. The molecule has 0 atom stereocenters. The summed E-state index contributed by atoms with van der Waals surface area (Å²) in [5.41, 5.74) is 3.39. The lowest BCUT2D eigenvalue weighted by Gasteiger charge is -2.06. The van der Waals surface area contributed by atoms with Crippen LogP contribution >= 0.6 is 11.8 Å². The Balaban J connectivity index is 1.50. The van der Waals surface area contributed by atoms with Crippen molar-refractivity contribution in [3.05, 3.63) is 72.3 Å². The summed E-state index contributed by atoms with van der Waals surface area (Å²) in [5.74, 6) is 0.357. The molecule has 1 N–H and O–H groups in total. The van der Waals surface area contributed by atoms with Crippen molar-refractivity contribution in [3.8, 4) is 5.75 Å². The number of rotatable bonds is 6. The third-order valence-electron chi connectivity index (χ3n) is 3.61. The summed E-state index contributed by atoms with van der Waals surface area (Å²) in [6.45, 7) is -0.0822. The minimum Gasteiger partial charge on any atom is -0.484 e. The average molecular weight is 350 g/mol. The molecule has 3 aromatic carbocycles. The fourth-order valence-electron chi connectivity index (χ4n) is 2.31. The van der Waals surface area contributed by atoms with E-state index < -0.39 is 0 Å². The number of thioether (sulfide) groups is 1. The van der Waals surface area contributed by atoms with Crippen LogP contribution in [0.5, 0.6) is 5.75 Å². The second-order valence-electron chi connectivity index (χ2n) is 5.36. The van der Waals surface area contributed by atoms with Crippen molar-refractivity contribution in [2.24, 2.45) is 5.10 Å². The summed E-state index contributed by atoms with van der Waals surface area (Å²) in [7, 11) is 0. The number of nitrogens with one attached hydrogen (secondary N) is 1. The van der Waals surface area contributed by atoms with Crippen molar-refractivity contribution >= 4 is 34.7 Å². The zero-order valence-corrected chi connectivity index (χ0v) is 14.6. The third kappa shape index (κ3) is 4.84. The topological polar surface area (TPSA) is 50.7 Å². The highest BCUT2D eigenvalue weighted by molar-refractivity contribution is 7.98. The van der Waals surface area contributed by atoms with Gasteiger partial charge in [0, 0.05) is 4.90 Å². The molecular formula is C20H18N2O2S. The zero-order valence-electron chi connectivity index (χ0n) is 13.8. The molecule has 0 saturated heterocycles. The Bertz CT molecular complexity index is 892. The molecule has 126 valence electrons. The number of carbonyl (C=O) groups excluding carboxylic acids is 1.